The van der Waals surface area contributed by atoms with Crippen molar-refractivity contribution in [1.29, 1.82) is 0 Å². The molecule has 0 atom stereocenters. The zero-order valence-electron chi connectivity index (χ0n) is 18.6. The monoisotopic (exact) mass is 468 g/mol. The molecule has 1 aliphatic heterocycles. The highest BCUT2D eigenvalue weighted by atomic mass is 19.1. The van der Waals surface area contributed by atoms with Gasteiger partial charge in [-0.05, 0) is 35.0 Å². The van der Waals surface area contributed by atoms with Crippen LogP contribution in [-0.2, 0) is 16.1 Å². The molecule has 3 aromatic rings. The summed E-state index contributed by atoms with van der Waals surface area (Å²) in [5.41, 5.74) is 1.58. The number of carboxylic acid groups (broad SMARTS) is 2. The van der Waals surface area contributed by atoms with Gasteiger partial charge in [-0.3, -0.25) is 9.69 Å². The van der Waals surface area contributed by atoms with E-state index in [0.717, 1.165) is 25.4 Å². The third-order valence-corrected chi connectivity index (χ3v) is 5.51. The standard InChI is InChI=1S/C23H23FN2O2.C2H2O4/c1-28-22-10-9-17-5-2-3-8-20(17)21(22)16-25-11-13-26(14-12-25)23(27)18-6-4-7-19(24)15-18;3-1(4)2(5)6/h2-10,15H,11-14,16H2,1H3;(H,3,4)(H,5,6). The van der Waals surface area contributed by atoms with Crippen LogP contribution >= 0.6 is 0 Å². The quantitative estimate of drug-likeness (QED) is 0.567. The molecule has 0 saturated carbocycles. The van der Waals surface area contributed by atoms with Crippen LogP contribution in [0.3, 0.4) is 0 Å². The number of halogens is 1. The number of hydrogen-bond donors (Lipinski definition) is 2. The average molecular weight is 468 g/mol. The fraction of sp³-hybridized carbons (Fsp3) is 0.240. The number of methoxy groups -OCH3 is 1. The van der Waals surface area contributed by atoms with Gasteiger partial charge in [-0.2, -0.15) is 0 Å². The van der Waals surface area contributed by atoms with Gasteiger partial charge in [0.2, 0.25) is 0 Å². The molecule has 0 unspecified atom stereocenters. The summed E-state index contributed by atoms with van der Waals surface area (Å²) in [6.07, 6.45) is 0. The van der Waals surface area contributed by atoms with Crippen LogP contribution in [0, 0.1) is 5.82 Å². The molecule has 1 saturated heterocycles. The highest BCUT2D eigenvalue weighted by molar-refractivity contribution is 6.27. The van der Waals surface area contributed by atoms with Gasteiger partial charge in [0.1, 0.15) is 11.6 Å². The Hall–Kier alpha value is -3.98. The van der Waals surface area contributed by atoms with E-state index in [2.05, 4.69) is 23.1 Å². The van der Waals surface area contributed by atoms with Crippen molar-refractivity contribution < 1.29 is 33.7 Å². The van der Waals surface area contributed by atoms with Crippen molar-refractivity contribution in [2.24, 2.45) is 0 Å². The van der Waals surface area contributed by atoms with E-state index < -0.39 is 11.9 Å². The summed E-state index contributed by atoms with van der Waals surface area (Å²) < 4.78 is 19.0. The van der Waals surface area contributed by atoms with Gasteiger partial charge >= 0.3 is 11.9 Å². The molecular formula is C25H25FN2O6. The Morgan fingerprint density at radius 1 is 0.912 bits per heavy atom. The van der Waals surface area contributed by atoms with Crippen LogP contribution in [0.1, 0.15) is 15.9 Å². The number of amides is 1. The maximum atomic E-state index is 13.4. The summed E-state index contributed by atoms with van der Waals surface area (Å²) in [5, 5.41) is 17.2. The van der Waals surface area contributed by atoms with Crippen LogP contribution in [0.25, 0.3) is 10.8 Å². The van der Waals surface area contributed by atoms with Gasteiger partial charge in [-0.15, -0.1) is 0 Å². The molecule has 9 heteroatoms. The Labute approximate surface area is 195 Å². The van der Waals surface area contributed by atoms with Gasteiger partial charge < -0.3 is 19.8 Å². The van der Waals surface area contributed by atoms with Crippen molar-refractivity contribution >= 4 is 28.6 Å². The van der Waals surface area contributed by atoms with Crippen LogP contribution in [0.5, 0.6) is 5.75 Å². The molecule has 0 aliphatic carbocycles. The number of piperazine rings is 1. The number of ether oxygens (including phenoxy) is 1. The van der Waals surface area contributed by atoms with E-state index in [4.69, 9.17) is 24.5 Å². The van der Waals surface area contributed by atoms with E-state index in [0.29, 0.717) is 18.7 Å². The summed E-state index contributed by atoms with van der Waals surface area (Å²) in [6.45, 7) is 3.57. The van der Waals surface area contributed by atoms with E-state index in [1.54, 1.807) is 24.1 Å². The van der Waals surface area contributed by atoms with Crippen molar-refractivity contribution in [3.63, 3.8) is 0 Å². The zero-order chi connectivity index (χ0) is 24.7. The third-order valence-electron chi connectivity index (χ3n) is 5.51. The third kappa shape index (κ3) is 6.08. The molecule has 2 N–H and O–H groups in total. The number of carbonyl (C=O) groups excluding carboxylic acids is 1. The van der Waals surface area contributed by atoms with Crippen molar-refractivity contribution in [2.45, 2.75) is 6.54 Å². The van der Waals surface area contributed by atoms with Gasteiger partial charge in [0.05, 0.1) is 7.11 Å². The molecule has 0 radical (unpaired) electrons. The number of carboxylic acids is 2. The average Bonchev–Trinajstić information content (AvgIpc) is 2.84. The molecule has 0 aromatic heterocycles. The highest BCUT2D eigenvalue weighted by Crippen LogP contribution is 2.29. The summed E-state index contributed by atoms with van der Waals surface area (Å²) in [5.74, 6) is -3.25. The highest BCUT2D eigenvalue weighted by Gasteiger charge is 2.23. The second-order valence-electron chi connectivity index (χ2n) is 7.66. The molecule has 0 bridgehead atoms. The summed E-state index contributed by atoms with van der Waals surface area (Å²) in [6, 6.07) is 18.3. The Morgan fingerprint density at radius 3 is 2.21 bits per heavy atom. The predicted octanol–water partition coefficient (Wildman–Crippen LogP) is 3.10. The molecule has 3 aromatic carbocycles. The molecule has 1 fully saturated rings. The maximum absolute atomic E-state index is 13.4. The van der Waals surface area contributed by atoms with Crippen molar-refractivity contribution in [2.75, 3.05) is 33.3 Å². The summed E-state index contributed by atoms with van der Waals surface area (Å²) in [4.78, 5) is 34.9. The smallest absolute Gasteiger partial charge is 0.414 e. The fourth-order valence-electron chi connectivity index (χ4n) is 3.81. The topological polar surface area (TPSA) is 107 Å². The maximum Gasteiger partial charge on any atom is 0.414 e. The fourth-order valence-corrected chi connectivity index (χ4v) is 3.81. The van der Waals surface area contributed by atoms with E-state index >= 15 is 0 Å². The van der Waals surface area contributed by atoms with Gasteiger partial charge in [0, 0.05) is 43.9 Å². The first-order valence-electron chi connectivity index (χ1n) is 10.6. The number of fused-ring (bicyclic) bond motifs is 1. The molecule has 1 amide bonds. The molecular weight excluding hydrogens is 443 g/mol. The minimum Gasteiger partial charge on any atom is -0.496 e. The Balaban J connectivity index is 0.000000481. The lowest BCUT2D eigenvalue weighted by atomic mass is 10.0. The van der Waals surface area contributed by atoms with E-state index in [-0.39, 0.29) is 11.7 Å². The second kappa shape index (κ2) is 11.2. The van der Waals surface area contributed by atoms with Crippen LogP contribution in [-0.4, -0.2) is 71.1 Å². The van der Waals surface area contributed by atoms with Crippen molar-refractivity contribution in [1.82, 2.24) is 9.80 Å². The summed E-state index contributed by atoms with van der Waals surface area (Å²) in [7, 11) is 1.70. The van der Waals surface area contributed by atoms with Gasteiger partial charge in [0.25, 0.3) is 5.91 Å². The van der Waals surface area contributed by atoms with E-state index in [9.17, 15) is 9.18 Å². The Morgan fingerprint density at radius 2 is 1.59 bits per heavy atom. The molecule has 0 spiro atoms. The SMILES string of the molecule is COc1ccc2ccccc2c1CN1CCN(C(=O)c2cccc(F)c2)CC1.O=C(O)C(=O)O. The van der Waals surface area contributed by atoms with Gasteiger partial charge in [-0.1, -0.05) is 36.4 Å². The lowest BCUT2D eigenvalue weighted by Gasteiger charge is -2.35. The second-order valence-corrected chi connectivity index (χ2v) is 7.66. The summed E-state index contributed by atoms with van der Waals surface area (Å²) >= 11 is 0. The largest absolute Gasteiger partial charge is 0.496 e. The minimum absolute atomic E-state index is 0.109. The van der Waals surface area contributed by atoms with E-state index in [1.807, 2.05) is 18.2 Å². The molecule has 1 aliphatic rings. The first-order chi connectivity index (χ1) is 16.3. The Kier molecular flexibility index (Phi) is 8.15. The zero-order valence-corrected chi connectivity index (χ0v) is 18.6. The molecule has 34 heavy (non-hydrogen) atoms. The van der Waals surface area contributed by atoms with Crippen LogP contribution in [0.15, 0.2) is 60.7 Å². The van der Waals surface area contributed by atoms with Crippen LogP contribution in [0.4, 0.5) is 4.39 Å². The molecule has 4 rings (SSSR count). The minimum atomic E-state index is -1.82. The first-order valence-corrected chi connectivity index (χ1v) is 10.6. The van der Waals surface area contributed by atoms with Gasteiger partial charge in [0.15, 0.2) is 0 Å². The molecule has 178 valence electrons. The number of carbonyl (C=O) groups is 3. The number of nitrogens with zero attached hydrogens (tertiary/aromatic N) is 2. The van der Waals surface area contributed by atoms with E-state index in [1.165, 1.54) is 28.5 Å². The molecule has 8 nitrogen and oxygen atoms in total. The van der Waals surface area contributed by atoms with Crippen molar-refractivity contribution in [3.8, 4) is 5.75 Å². The molecule has 1 heterocycles. The lowest BCUT2D eigenvalue weighted by Crippen LogP contribution is -2.48. The van der Waals surface area contributed by atoms with Crippen molar-refractivity contribution in [3.05, 3.63) is 77.6 Å². The van der Waals surface area contributed by atoms with Gasteiger partial charge in [-0.25, -0.2) is 14.0 Å². The normalized spacial score (nSPS) is 13.6. The number of rotatable bonds is 4. The Bertz CT molecular complexity index is 1180. The predicted molar refractivity (Wildman–Crippen MR) is 123 cm³/mol. The lowest BCUT2D eigenvalue weighted by molar-refractivity contribution is -0.159. The number of hydrogen-bond acceptors (Lipinski definition) is 5. The van der Waals surface area contributed by atoms with Crippen LogP contribution in [0.2, 0.25) is 0 Å². The van der Waals surface area contributed by atoms with Crippen LogP contribution < -0.4 is 4.74 Å². The number of benzene rings is 3. The first kappa shape index (κ1) is 24.7. The number of aliphatic carboxylic acids is 2.